The van der Waals surface area contributed by atoms with Gasteiger partial charge in [0.1, 0.15) is 17.3 Å². The van der Waals surface area contributed by atoms with Gasteiger partial charge in [0.2, 0.25) is 0 Å². The molecule has 0 bridgehead atoms. The molecule has 29 heavy (non-hydrogen) atoms. The second-order valence-electron chi connectivity index (χ2n) is 6.97. The Kier molecular flexibility index (Phi) is 6.06. The van der Waals surface area contributed by atoms with Gasteiger partial charge in [0, 0.05) is 25.8 Å². The zero-order valence-corrected chi connectivity index (χ0v) is 18.8. The zero-order valence-electron chi connectivity index (χ0n) is 16.4. The van der Waals surface area contributed by atoms with Crippen LogP contribution in [0.4, 0.5) is 17.1 Å². The summed E-state index contributed by atoms with van der Waals surface area (Å²) in [5.41, 5.74) is 3.22. The molecule has 0 N–H and O–H groups in total. The first-order valence-electron chi connectivity index (χ1n) is 9.06. The number of benzene rings is 3. The SMILES string of the molecule is CC(=O)CC(C)=O.CN1[CH-]N2c3[c-]c4ccccc4cc3Oc3cccc1c32.[Ir]. The topological polar surface area (TPSA) is 49.9 Å². The predicted molar refractivity (Wildman–Crippen MR) is 110 cm³/mol. The predicted octanol–water partition coefficient (Wildman–Crippen LogP) is 5.00. The minimum absolute atomic E-state index is 0. The van der Waals surface area contributed by atoms with E-state index in [9.17, 15) is 9.59 Å². The molecule has 0 aromatic heterocycles. The van der Waals surface area contributed by atoms with Gasteiger partial charge in [-0.3, -0.25) is 9.59 Å². The number of hydrogen-bond donors (Lipinski definition) is 0. The maximum Gasteiger partial charge on any atom is 0.137 e. The van der Waals surface area contributed by atoms with Crippen LogP contribution < -0.4 is 14.5 Å². The van der Waals surface area contributed by atoms with E-state index in [0.717, 1.165) is 39.3 Å². The molecule has 0 aliphatic carbocycles. The van der Waals surface area contributed by atoms with E-state index in [4.69, 9.17) is 4.74 Å². The maximum absolute atomic E-state index is 10.0. The molecule has 151 valence electrons. The first kappa shape index (κ1) is 21.0. The summed E-state index contributed by atoms with van der Waals surface area (Å²) in [5.74, 6) is 1.62. The number of fused-ring (bicyclic) bond motifs is 3. The summed E-state index contributed by atoms with van der Waals surface area (Å²) in [7, 11) is 2.05. The quantitative estimate of drug-likeness (QED) is 0.324. The van der Waals surface area contributed by atoms with Gasteiger partial charge in [-0.2, -0.15) is 6.67 Å². The van der Waals surface area contributed by atoms with Gasteiger partial charge in [0.25, 0.3) is 0 Å². The molecule has 0 saturated heterocycles. The van der Waals surface area contributed by atoms with Gasteiger partial charge < -0.3 is 14.5 Å². The number of ether oxygens (including phenoxy) is 1. The van der Waals surface area contributed by atoms with Crippen LogP contribution in [0.5, 0.6) is 11.5 Å². The van der Waals surface area contributed by atoms with Gasteiger partial charge in [-0.25, -0.2) is 0 Å². The van der Waals surface area contributed by atoms with Crippen molar-refractivity contribution in [3.63, 3.8) is 0 Å². The average Bonchev–Trinajstić information content (AvgIpc) is 2.98. The summed E-state index contributed by atoms with van der Waals surface area (Å²) < 4.78 is 6.11. The van der Waals surface area contributed by atoms with Crippen LogP contribution in [0.3, 0.4) is 0 Å². The Labute approximate surface area is 183 Å². The van der Waals surface area contributed by atoms with Gasteiger partial charge in [0.15, 0.2) is 0 Å². The molecular weight excluding hydrogens is 544 g/mol. The number of ketones is 2. The molecule has 0 saturated carbocycles. The van der Waals surface area contributed by atoms with E-state index in [2.05, 4.69) is 53.8 Å². The van der Waals surface area contributed by atoms with Crippen molar-refractivity contribution in [1.82, 2.24) is 0 Å². The van der Waals surface area contributed by atoms with E-state index >= 15 is 0 Å². The van der Waals surface area contributed by atoms with E-state index in [0.29, 0.717) is 0 Å². The van der Waals surface area contributed by atoms with Crippen LogP contribution in [0.2, 0.25) is 0 Å². The van der Waals surface area contributed by atoms with Gasteiger partial charge in [-0.15, -0.1) is 29.0 Å². The molecule has 0 atom stereocenters. The molecule has 0 fully saturated rings. The van der Waals surface area contributed by atoms with Gasteiger partial charge in [-0.1, -0.05) is 24.3 Å². The number of Topliss-reactive ketones (excluding diaryl/α,β-unsaturated/α-hetero) is 2. The standard InChI is InChI=1S/C18H12N2O.C5H8O2.Ir/c1-19-11-20-15-9-12-5-2-3-6-13(12)10-17(15)21-16-8-4-7-14(19)18(16)20;1-4(6)3-5(2)7;/h2-8,10-11H,1H3;3H2,1-2H3;/q-2;;. The zero-order chi connectivity index (χ0) is 19.8. The third-order valence-corrected chi connectivity index (χ3v) is 4.58. The van der Waals surface area contributed by atoms with E-state index in [1.54, 1.807) is 0 Å². The molecule has 5 nitrogen and oxygen atoms in total. The maximum atomic E-state index is 10.0. The molecule has 5 rings (SSSR count). The molecule has 2 aliphatic rings. The Balaban J connectivity index is 0.000000263. The van der Waals surface area contributed by atoms with Gasteiger partial charge >= 0.3 is 0 Å². The molecule has 3 aromatic carbocycles. The fraction of sp³-hybridized carbons (Fsp3) is 0.174. The van der Waals surface area contributed by atoms with Crippen molar-refractivity contribution in [3.05, 3.63) is 61.3 Å². The number of rotatable bonds is 2. The first-order chi connectivity index (χ1) is 13.4. The van der Waals surface area contributed by atoms with Crippen molar-refractivity contribution in [2.75, 3.05) is 16.8 Å². The second kappa shape index (κ2) is 8.36. The van der Waals surface area contributed by atoms with Crippen molar-refractivity contribution >= 4 is 39.4 Å². The largest absolute Gasteiger partial charge is 0.504 e. The number of hydrogen-bond acceptors (Lipinski definition) is 5. The summed E-state index contributed by atoms with van der Waals surface area (Å²) >= 11 is 0. The number of para-hydroxylation sites is 1. The Bertz CT molecular complexity index is 1080. The van der Waals surface area contributed by atoms with Crippen LogP contribution in [0.1, 0.15) is 20.3 Å². The van der Waals surface area contributed by atoms with E-state index < -0.39 is 0 Å². The van der Waals surface area contributed by atoms with Crippen LogP contribution in [0.25, 0.3) is 10.8 Å². The molecule has 0 spiro atoms. The number of nitrogens with zero attached hydrogens (tertiary/aromatic N) is 2. The molecule has 1 radical (unpaired) electrons. The Morgan fingerprint density at radius 1 is 1.03 bits per heavy atom. The van der Waals surface area contributed by atoms with Crippen LogP contribution >= 0.6 is 0 Å². The van der Waals surface area contributed by atoms with Crippen molar-refractivity contribution in [1.29, 1.82) is 0 Å². The minimum atomic E-state index is -0.0625. The fourth-order valence-corrected chi connectivity index (χ4v) is 3.44. The van der Waals surface area contributed by atoms with E-state index in [-0.39, 0.29) is 38.1 Å². The van der Waals surface area contributed by atoms with Crippen LogP contribution in [-0.2, 0) is 29.7 Å². The Morgan fingerprint density at radius 2 is 1.76 bits per heavy atom. The molecule has 2 heterocycles. The number of anilines is 3. The fourth-order valence-electron chi connectivity index (χ4n) is 3.44. The van der Waals surface area contributed by atoms with Crippen molar-refractivity contribution in [2.45, 2.75) is 20.3 Å². The average molecular weight is 565 g/mol. The van der Waals surface area contributed by atoms with Crippen molar-refractivity contribution in [3.8, 4) is 11.5 Å². The molecular formula is C23H20IrN2O3-2. The van der Waals surface area contributed by atoms with Gasteiger partial charge in [0.05, 0.1) is 17.9 Å². The molecule has 3 aromatic rings. The van der Waals surface area contributed by atoms with Crippen LogP contribution in [0.15, 0.2) is 48.5 Å². The van der Waals surface area contributed by atoms with Crippen LogP contribution in [0, 0.1) is 12.7 Å². The van der Waals surface area contributed by atoms with Crippen molar-refractivity contribution in [2.24, 2.45) is 0 Å². The number of carbonyl (C=O) groups is 2. The van der Waals surface area contributed by atoms with E-state index in [1.807, 2.05) is 24.3 Å². The normalized spacial score (nSPS) is 12.8. The monoisotopic (exact) mass is 565 g/mol. The van der Waals surface area contributed by atoms with Gasteiger partial charge in [-0.05, 0) is 38.7 Å². The Hall–Kier alpha value is -2.69. The third-order valence-electron chi connectivity index (χ3n) is 4.58. The smallest absolute Gasteiger partial charge is 0.137 e. The summed E-state index contributed by atoms with van der Waals surface area (Å²) in [6.45, 7) is 4.89. The molecule has 6 heteroatoms. The summed E-state index contributed by atoms with van der Waals surface area (Å²) in [6.07, 6.45) is 0.0833. The molecule has 2 aliphatic heterocycles. The van der Waals surface area contributed by atoms with Crippen molar-refractivity contribution < 1.29 is 34.4 Å². The minimum Gasteiger partial charge on any atom is -0.504 e. The summed E-state index contributed by atoms with van der Waals surface area (Å²) in [4.78, 5) is 24.3. The number of carbonyl (C=O) groups excluding carboxylic acids is 2. The molecule has 0 unspecified atom stereocenters. The first-order valence-corrected chi connectivity index (χ1v) is 9.06. The summed E-state index contributed by atoms with van der Waals surface area (Å²) in [5, 5.41) is 2.24. The second-order valence-corrected chi connectivity index (χ2v) is 6.97. The van der Waals surface area contributed by atoms with Crippen LogP contribution in [-0.4, -0.2) is 18.6 Å². The van der Waals surface area contributed by atoms with E-state index in [1.165, 1.54) is 13.8 Å². The summed E-state index contributed by atoms with van der Waals surface area (Å²) in [6, 6.07) is 19.9. The third kappa shape index (κ3) is 4.04. The Morgan fingerprint density at radius 3 is 2.45 bits per heavy atom. The molecule has 0 amide bonds.